The van der Waals surface area contributed by atoms with Crippen molar-refractivity contribution < 1.29 is 8.42 Å². The summed E-state index contributed by atoms with van der Waals surface area (Å²) in [6.07, 6.45) is 7.22. The molecule has 2 aromatic carbocycles. The first kappa shape index (κ1) is 23.6. The van der Waals surface area contributed by atoms with Crippen molar-refractivity contribution in [1.82, 2.24) is 15.1 Å². The average Bonchev–Trinajstić information content (AvgIpc) is 3.22. The highest BCUT2D eigenvalue weighted by Crippen LogP contribution is 2.56. The van der Waals surface area contributed by atoms with Crippen molar-refractivity contribution in [1.29, 1.82) is 0 Å². The van der Waals surface area contributed by atoms with Crippen LogP contribution in [0.25, 0.3) is 22.6 Å². The lowest BCUT2D eigenvalue weighted by atomic mass is 9.53. The third-order valence-electron chi connectivity index (χ3n) is 8.70. The van der Waals surface area contributed by atoms with E-state index in [0.29, 0.717) is 38.5 Å². The van der Waals surface area contributed by atoms with Gasteiger partial charge in [0.25, 0.3) is 10.0 Å². The summed E-state index contributed by atoms with van der Waals surface area (Å²) in [5, 5.41) is 11.2. The van der Waals surface area contributed by atoms with Gasteiger partial charge in [0.05, 0.1) is 27.5 Å². The molecule has 4 aliphatic carbocycles. The Morgan fingerprint density at radius 3 is 2.24 bits per heavy atom. The molecule has 4 saturated carbocycles. The van der Waals surface area contributed by atoms with Crippen molar-refractivity contribution in [3.63, 3.8) is 0 Å². The maximum atomic E-state index is 13.5. The summed E-state index contributed by atoms with van der Waals surface area (Å²) in [6, 6.07) is 15.0. The zero-order valence-electron chi connectivity index (χ0n) is 20.5. The molecule has 4 fully saturated rings. The fourth-order valence-corrected chi connectivity index (χ4v) is 9.16. The number of aromatic nitrogens is 2. The Morgan fingerprint density at radius 2 is 1.62 bits per heavy atom. The Hall–Kier alpha value is -2.48. The van der Waals surface area contributed by atoms with E-state index in [1.807, 2.05) is 36.4 Å². The number of nitrogens with zero attached hydrogens (tertiary/aromatic N) is 3. The molecule has 0 radical (unpaired) electrons. The molecule has 3 aromatic rings. The van der Waals surface area contributed by atoms with Crippen LogP contribution >= 0.6 is 23.2 Å². The van der Waals surface area contributed by atoms with Crippen LogP contribution in [0.1, 0.15) is 44.2 Å². The predicted molar refractivity (Wildman–Crippen MR) is 148 cm³/mol. The highest BCUT2D eigenvalue weighted by molar-refractivity contribution is 7.95. The monoisotopic (exact) mass is 554 g/mol. The Morgan fingerprint density at radius 1 is 0.973 bits per heavy atom. The van der Waals surface area contributed by atoms with Crippen molar-refractivity contribution in [3.8, 4) is 16.9 Å². The molecule has 1 N–H and O–H groups in total. The molecule has 6 nitrogen and oxygen atoms in total. The van der Waals surface area contributed by atoms with Gasteiger partial charge in [-0.3, -0.25) is 4.31 Å². The van der Waals surface area contributed by atoms with Crippen LogP contribution in [0.5, 0.6) is 0 Å². The van der Waals surface area contributed by atoms with Crippen molar-refractivity contribution in [2.24, 2.45) is 17.8 Å². The number of hydrogen-bond donors (Lipinski definition) is 1. The second-order valence-corrected chi connectivity index (χ2v) is 13.9. The van der Waals surface area contributed by atoms with Crippen LogP contribution in [0.3, 0.4) is 0 Å². The molecule has 0 spiro atoms. The fraction of sp³-hybridized carbons (Fsp3) is 0.393. The van der Waals surface area contributed by atoms with Crippen molar-refractivity contribution in [2.75, 3.05) is 11.4 Å². The van der Waals surface area contributed by atoms with Gasteiger partial charge in [0, 0.05) is 23.2 Å². The zero-order chi connectivity index (χ0) is 25.5. The van der Waals surface area contributed by atoms with Gasteiger partial charge < -0.3 is 5.32 Å². The number of rotatable bonds is 4. The molecular formula is C28H28Cl2N4O2S. The first-order chi connectivity index (χ1) is 17.7. The van der Waals surface area contributed by atoms with E-state index in [1.165, 1.54) is 29.0 Å². The minimum Gasteiger partial charge on any atom is -0.377 e. The highest BCUT2D eigenvalue weighted by atomic mass is 35.5. The lowest BCUT2D eigenvalue weighted by Gasteiger charge is -2.57. The largest absolute Gasteiger partial charge is 0.377 e. The summed E-state index contributed by atoms with van der Waals surface area (Å²) in [7, 11) is -2.13. The van der Waals surface area contributed by atoms with Gasteiger partial charge >= 0.3 is 0 Å². The first-order valence-corrected chi connectivity index (χ1v) is 15.1. The van der Waals surface area contributed by atoms with Gasteiger partial charge in [0.2, 0.25) is 0 Å². The van der Waals surface area contributed by atoms with Gasteiger partial charge in [0.15, 0.2) is 0 Å². The Balaban J connectivity index is 1.42. The molecule has 0 saturated heterocycles. The van der Waals surface area contributed by atoms with Crippen LogP contribution < -0.4 is 9.62 Å². The highest BCUT2D eigenvalue weighted by Gasteiger charge is 2.52. The molecule has 192 valence electrons. The van der Waals surface area contributed by atoms with Gasteiger partial charge in [-0.2, -0.15) is 5.10 Å². The maximum Gasteiger partial charge on any atom is 0.259 e. The van der Waals surface area contributed by atoms with E-state index in [4.69, 9.17) is 28.3 Å². The average molecular weight is 556 g/mol. The number of nitrogens with one attached hydrogen (secondary N) is 1. The van der Waals surface area contributed by atoms with Gasteiger partial charge in [-0.1, -0.05) is 53.5 Å². The lowest BCUT2D eigenvalue weighted by molar-refractivity contribution is -0.0114. The third-order valence-corrected chi connectivity index (χ3v) is 10.7. The summed E-state index contributed by atoms with van der Waals surface area (Å²) in [6.45, 7) is 0. The van der Waals surface area contributed by atoms with E-state index in [2.05, 4.69) is 5.32 Å². The van der Waals surface area contributed by atoms with E-state index in [9.17, 15) is 8.42 Å². The fourth-order valence-electron chi connectivity index (χ4n) is 7.62. The first-order valence-electron chi connectivity index (χ1n) is 12.8. The van der Waals surface area contributed by atoms with Crippen molar-refractivity contribution in [3.05, 3.63) is 69.7 Å². The lowest BCUT2D eigenvalue weighted by Crippen LogP contribution is -2.58. The van der Waals surface area contributed by atoms with Crippen LogP contribution in [0.2, 0.25) is 10.0 Å². The molecule has 4 bridgehead atoms. The van der Waals surface area contributed by atoms with E-state index in [0.717, 1.165) is 42.6 Å². The van der Waals surface area contributed by atoms with Crippen LogP contribution in [0.4, 0.5) is 5.69 Å². The van der Waals surface area contributed by atoms with Crippen molar-refractivity contribution >= 4 is 44.6 Å². The smallest absolute Gasteiger partial charge is 0.259 e. The van der Waals surface area contributed by atoms with Gasteiger partial charge in [-0.05, 0) is 74.5 Å². The molecule has 0 amide bonds. The normalized spacial score (nSPS) is 29.2. The summed E-state index contributed by atoms with van der Waals surface area (Å²) in [5.74, 6) is 2.19. The molecule has 0 unspecified atom stereocenters. The number of halogens is 2. The Labute approximate surface area is 227 Å². The topological polar surface area (TPSA) is 67.2 Å². The number of fused-ring (bicyclic) bond motifs is 1. The summed E-state index contributed by atoms with van der Waals surface area (Å²) in [5.41, 5.74) is 3.84. The molecule has 9 heteroatoms. The summed E-state index contributed by atoms with van der Waals surface area (Å²) < 4.78 is 30.1. The van der Waals surface area contributed by atoms with Gasteiger partial charge in [-0.25, -0.2) is 13.1 Å². The Kier molecular flexibility index (Phi) is 5.27. The molecular weight excluding hydrogens is 527 g/mol. The van der Waals surface area contributed by atoms with Crippen LogP contribution in [-0.4, -0.2) is 30.8 Å². The van der Waals surface area contributed by atoms with Gasteiger partial charge in [0.1, 0.15) is 11.4 Å². The zero-order valence-corrected chi connectivity index (χ0v) is 22.8. The summed E-state index contributed by atoms with van der Waals surface area (Å²) in [4.78, 5) is 0. The van der Waals surface area contributed by atoms with Crippen LogP contribution in [-0.2, 0) is 10.0 Å². The van der Waals surface area contributed by atoms with Crippen LogP contribution in [0.15, 0.2) is 53.9 Å². The quantitative estimate of drug-likeness (QED) is 0.400. The number of hydrogen-bond acceptors (Lipinski definition) is 4. The number of benzene rings is 2. The maximum absolute atomic E-state index is 13.5. The second-order valence-electron chi connectivity index (χ2n) is 11.3. The molecule has 37 heavy (non-hydrogen) atoms. The SMILES string of the molecule is CN1c2c(nn(-c3ccc(Cl)cc3Cl)c2-c2ccccc2)C(NC23CC4CC(CC(C4)C2)C3)=CS1(=O)=O. The van der Waals surface area contributed by atoms with E-state index in [-0.39, 0.29) is 5.54 Å². The summed E-state index contributed by atoms with van der Waals surface area (Å²) >= 11 is 12.9. The Bertz CT molecular complexity index is 1510. The molecule has 0 atom stereocenters. The van der Waals surface area contributed by atoms with Crippen molar-refractivity contribution in [2.45, 2.75) is 44.1 Å². The molecule has 8 rings (SSSR count). The second kappa shape index (κ2) is 8.26. The standard InChI is InChI=1S/C28H28Cl2N4O2S/c1-33-27-25(23(16-37(33,35)36)31-28-13-17-9-18(14-28)11-19(10-17)15-28)32-34(24-8-7-21(29)12-22(24)30)26(27)20-5-3-2-4-6-20/h2-8,12,16-19,31H,9-11,13-15H2,1H3. The molecule has 1 aliphatic heterocycles. The number of sulfonamides is 1. The van der Waals surface area contributed by atoms with E-state index >= 15 is 0 Å². The number of anilines is 1. The molecule has 1 aromatic heterocycles. The van der Waals surface area contributed by atoms with Gasteiger partial charge in [-0.15, -0.1) is 0 Å². The molecule has 2 heterocycles. The minimum atomic E-state index is -3.72. The van der Waals surface area contributed by atoms with E-state index < -0.39 is 10.0 Å². The van der Waals surface area contributed by atoms with Crippen LogP contribution in [0, 0.1) is 17.8 Å². The van der Waals surface area contributed by atoms with E-state index in [1.54, 1.807) is 23.9 Å². The molecule has 5 aliphatic rings. The predicted octanol–water partition coefficient (Wildman–Crippen LogP) is 6.48. The minimum absolute atomic E-state index is 0.0715. The third kappa shape index (κ3) is 3.81.